The molecule has 0 aliphatic carbocycles. The number of unbranched alkanes of at least 4 members (excludes halogenated alkanes) is 2. The Bertz CT molecular complexity index is 76.9. The van der Waals surface area contributed by atoms with Crippen molar-refractivity contribution >= 4 is 0 Å². The summed E-state index contributed by atoms with van der Waals surface area (Å²) in [6.45, 7) is 7.66. The second-order valence-electron chi connectivity index (χ2n) is 3.31. The van der Waals surface area contributed by atoms with Crippen molar-refractivity contribution in [2.45, 2.75) is 39.5 Å². The predicted octanol–water partition coefficient (Wildman–Crippen LogP) is 2.88. The highest BCUT2D eigenvalue weighted by atomic mass is 16.5. The lowest BCUT2D eigenvalue weighted by Crippen LogP contribution is -1.96. The molecule has 0 fully saturated rings. The van der Waals surface area contributed by atoms with Crippen LogP contribution in [-0.2, 0) is 14.2 Å². The van der Waals surface area contributed by atoms with Crippen LogP contribution in [0.3, 0.4) is 0 Å². The van der Waals surface area contributed by atoms with E-state index in [2.05, 4.69) is 23.3 Å². The predicted molar refractivity (Wildman–Crippen MR) is 64.4 cm³/mol. The molecule has 0 saturated heterocycles. The van der Waals surface area contributed by atoms with Crippen LogP contribution < -0.4 is 0 Å². The minimum Gasteiger partial charge on any atom is -0.382 e. The van der Waals surface area contributed by atoms with Crippen molar-refractivity contribution in [3.8, 4) is 0 Å². The highest BCUT2D eigenvalue weighted by Gasteiger charge is 1.84. The van der Waals surface area contributed by atoms with Crippen LogP contribution in [0.15, 0.2) is 0 Å². The standard InChI is InChI=1S/C8H18O.C4H10O2/c1-3-5-7-9-8-6-4-2;1-5-3-4-6-2/h3-8H2,1-2H3;3-4H2,1-2H3. The lowest BCUT2D eigenvalue weighted by Gasteiger charge is -1.99. The Morgan fingerprint density at radius 2 is 1.07 bits per heavy atom. The van der Waals surface area contributed by atoms with Crippen molar-refractivity contribution in [1.29, 1.82) is 0 Å². The van der Waals surface area contributed by atoms with Gasteiger partial charge >= 0.3 is 0 Å². The first-order valence-electron chi connectivity index (χ1n) is 5.89. The summed E-state index contributed by atoms with van der Waals surface area (Å²) in [5.74, 6) is 0. The zero-order valence-electron chi connectivity index (χ0n) is 10.9. The fourth-order valence-corrected chi connectivity index (χ4v) is 0.762. The molecule has 94 valence electrons. The lowest BCUT2D eigenvalue weighted by molar-refractivity contribution is 0.103. The normalized spacial score (nSPS) is 9.60. The van der Waals surface area contributed by atoms with Gasteiger partial charge in [-0.2, -0.15) is 0 Å². The maximum atomic E-state index is 5.31. The van der Waals surface area contributed by atoms with E-state index in [0.717, 1.165) is 13.2 Å². The van der Waals surface area contributed by atoms with E-state index in [9.17, 15) is 0 Å². The molecule has 3 heteroatoms. The summed E-state index contributed by atoms with van der Waals surface area (Å²) in [6, 6.07) is 0. The molecule has 0 N–H and O–H groups in total. The Morgan fingerprint density at radius 3 is 1.33 bits per heavy atom. The SMILES string of the molecule is CCCCOCCCC.COCCOC. The Morgan fingerprint density at radius 1 is 0.667 bits per heavy atom. The average molecular weight is 220 g/mol. The van der Waals surface area contributed by atoms with E-state index < -0.39 is 0 Å². The Hall–Kier alpha value is -0.120. The molecule has 15 heavy (non-hydrogen) atoms. The van der Waals surface area contributed by atoms with Gasteiger partial charge in [0.2, 0.25) is 0 Å². The minimum absolute atomic E-state index is 0.691. The van der Waals surface area contributed by atoms with Crippen molar-refractivity contribution in [2.24, 2.45) is 0 Å². The van der Waals surface area contributed by atoms with Gasteiger partial charge in [0.15, 0.2) is 0 Å². The molecule has 0 aromatic carbocycles. The molecule has 0 rings (SSSR count). The van der Waals surface area contributed by atoms with Gasteiger partial charge in [-0.15, -0.1) is 0 Å². The maximum absolute atomic E-state index is 5.31. The van der Waals surface area contributed by atoms with Gasteiger partial charge in [-0.05, 0) is 12.8 Å². The molecular weight excluding hydrogens is 192 g/mol. The van der Waals surface area contributed by atoms with Crippen molar-refractivity contribution in [2.75, 3.05) is 40.6 Å². The largest absolute Gasteiger partial charge is 0.382 e. The summed E-state index contributed by atoms with van der Waals surface area (Å²) in [5.41, 5.74) is 0. The van der Waals surface area contributed by atoms with Crippen LogP contribution in [0.2, 0.25) is 0 Å². The van der Waals surface area contributed by atoms with E-state index in [1.54, 1.807) is 14.2 Å². The Labute approximate surface area is 95.1 Å². The molecule has 0 aliphatic heterocycles. The second-order valence-corrected chi connectivity index (χ2v) is 3.31. The van der Waals surface area contributed by atoms with Gasteiger partial charge in [0.25, 0.3) is 0 Å². The van der Waals surface area contributed by atoms with Gasteiger partial charge in [-0.3, -0.25) is 0 Å². The quantitative estimate of drug-likeness (QED) is 0.559. The summed E-state index contributed by atoms with van der Waals surface area (Å²) < 4.78 is 14.6. The van der Waals surface area contributed by atoms with Crippen molar-refractivity contribution < 1.29 is 14.2 Å². The third kappa shape index (κ3) is 24.8. The van der Waals surface area contributed by atoms with Crippen LogP contribution in [0, 0.1) is 0 Å². The summed E-state index contributed by atoms with van der Waals surface area (Å²) in [4.78, 5) is 0. The first-order valence-corrected chi connectivity index (χ1v) is 5.89. The molecule has 0 aromatic rings. The van der Waals surface area contributed by atoms with Crippen LogP contribution in [-0.4, -0.2) is 40.6 Å². The summed E-state index contributed by atoms with van der Waals surface area (Å²) in [5, 5.41) is 0. The minimum atomic E-state index is 0.691. The van der Waals surface area contributed by atoms with Gasteiger partial charge in [-0.25, -0.2) is 0 Å². The van der Waals surface area contributed by atoms with E-state index in [1.165, 1.54) is 25.7 Å². The van der Waals surface area contributed by atoms with Gasteiger partial charge in [0.1, 0.15) is 0 Å². The first-order chi connectivity index (χ1) is 7.33. The fourth-order valence-electron chi connectivity index (χ4n) is 0.762. The van der Waals surface area contributed by atoms with E-state index in [1.807, 2.05) is 0 Å². The molecular formula is C12H28O3. The molecule has 0 atom stereocenters. The molecule has 0 bridgehead atoms. The van der Waals surface area contributed by atoms with Crippen LogP contribution in [0.4, 0.5) is 0 Å². The molecule has 0 spiro atoms. The van der Waals surface area contributed by atoms with Gasteiger partial charge in [0, 0.05) is 27.4 Å². The van der Waals surface area contributed by atoms with Crippen LogP contribution in [0.5, 0.6) is 0 Å². The smallest absolute Gasteiger partial charge is 0.0696 e. The van der Waals surface area contributed by atoms with Crippen molar-refractivity contribution in [3.05, 3.63) is 0 Å². The highest BCUT2D eigenvalue weighted by Crippen LogP contribution is 1.91. The Balaban J connectivity index is 0. The van der Waals surface area contributed by atoms with Crippen molar-refractivity contribution in [3.63, 3.8) is 0 Å². The lowest BCUT2D eigenvalue weighted by atomic mass is 10.3. The molecule has 0 heterocycles. The van der Waals surface area contributed by atoms with Crippen LogP contribution >= 0.6 is 0 Å². The topological polar surface area (TPSA) is 27.7 Å². The monoisotopic (exact) mass is 220 g/mol. The molecule has 0 unspecified atom stereocenters. The van der Waals surface area contributed by atoms with E-state index >= 15 is 0 Å². The number of rotatable bonds is 9. The highest BCUT2D eigenvalue weighted by molar-refractivity contribution is 4.33. The summed E-state index contributed by atoms with van der Waals surface area (Å²) >= 11 is 0. The number of hydrogen-bond acceptors (Lipinski definition) is 3. The molecule has 0 radical (unpaired) electrons. The maximum Gasteiger partial charge on any atom is 0.0696 e. The Kier molecular flexibility index (Phi) is 22.4. The molecule has 0 amide bonds. The van der Waals surface area contributed by atoms with Gasteiger partial charge in [0.05, 0.1) is 13.2 Å². The van der Waals surface area contributed by atoms with Crippen LogP contribution in [0.25, 0.3) is 0 Å². The van der Waals surface area contributed by atoms with E-state index in [-0.39, 0.29) is 0 Å². The number of hydrogen-bond donors (Lipinski definition) is 0. The summed E-state index contributed by atoms with van der Waals surface area (Å²) in [6.07, 6.45) is 4.91. The fraction of sp³-hybridized carbons (Fsp3) is 1.00. The average Bonchev–Trinajstić information content (AvgIpc) is 2.27. The first kappa shape index (κ1) is 17.3. The molecule has 0 aliphatic rings. The molecule has 0 saturated carbocycles. The molecule has 3 nitrogen and oxygen atoms in total. The second kappa shape index (κ2) is 19.5. The number of ether oxygens (including phenoxy) is 3. The third-order valence-electron chi connectivity index (χ3n) is 1.78. The van der Waals surface area contributed by atoms with E-state index in [4.69, 9.17) is 4.74 Å². The zero-order chi connectivity index (χ0) is 11.8. The third-order valence-corrected chi connectivity index (χ3v) is 1.78. The van der Waals surface area contributed by atoms with E-state index in [0.29, 0.717) is 13.2 Å². The summed E-state index contributed by atoms with van der Waals surface area (Å²) in [7, 11) is 3.30. The van der Waals surface area contributed by atoms with Gasteiger partial charge in [-0.1, -0.05) is 26.7 Å². The van der Waals surface area contributed by atoms with Crippen LogP contribution in [0.1, 0.15) is 39.5 Å². The number of methoxy groups -OCH3 is 2. The molecule has 0 aromatic heterocycles. The van der Waals surface area contributed by atoms with Gasteiger partial charge < -0.3 is 14.2 Å². The van der Waals surface area contributed by atoms with Crippen molar-refractivity contribution in [1.82, 2.24) is 0 Å². The zero-order valence-corrected chi connectivity index (χ0v) is 10.9.